The first-order valence-corrected chi connectivity index (χ1v) is 15.8. The lowest BCUT2D eigenvalue weighted by molar-refractivity contribution is -0.438. The van der Waals surface area contributed by atoms with E-state index >= 15 is 0 Å². The van der Waals surface area contributed by atoms with Gasteiger partial charge in [-0.05, 0) is 50.1 Å². The van der Waals surface area contributed by atoms with Crippen LogP contribution in [0.2, 0.25) is 0 Å². The molecule has 0 fully saturated rings. The molecule has 3 N–H and O–H groups in total. The number of anilines is 1. The molecule has 0 bridgehead atoms. The Kier molecular flexibility index (Phi) is 7.79. The Morgan fingerprint density at radius 2 is 1.59 bits per heavy atom. The normalized spacial score (nSPS) is 19.2. The van der Waals surface area contributed by atoms with E-state index in [-0.39, 0.29) is 22.5 Å². The van der Waals surface area contributed by atoms with Crippen LogP contribution in [0.4, 0.5) is 11.4 Å². The molecule has 0 saturated heterocycles. The molecule has 39 heavy (non-hydrogen) atoms. The van der Waals surface area contributed by atoms with Gasteiger partial charge in [-0.25, -0.2) is 0 Å². The maximum absolute atomic E-state index is 11.8. The highest BCUT2D eigenvalue weighted by Crippen LogP contribution is 2.43. The summed E-state index contributed by atoms with van der Waals surface area (Å²) in [7, 11) is -8.42. The molecule has 0 amide bonds. The number of benzene rings is 2. The molecule has 8 nitrogen and oxygen atoms in total. The van der Waals surface area contributed by atoms with Crippen molar-refractivity contribution in [3.63, 3.8) is 0 Å². The smallest absolute Gasteiger partial charge is 0.294 e. The minimum atomic E-state index is -4.37. The maximum Gasteiger partial charge on any atom is 0.294 e. The average Bonchev–Trinajstić information content (AvgIpc) is 3.22. The van der Waals surface area contributed by atoms with Gasteiger partial charge < -0.3 is 5.32 Å². The lowest BCUT2D eigenvalue weighted by atomic mass is 9.81. The Morgan fingerprint density at radius 3 is 2.26 bits per heavy atom. The first kappa shape index (κ1) is 28.9. The van der Waals surface area contributed by atoms with Gasteiger partial charge in [0.1, 0.15) is 6.54 Å². The van der Waals surface area contributed by atoms with Crippen LogP contribution in [-0.2, 0) is 31.1 Å². The van der Waals surface area contributed by atoms with E-state index in [0.29, 0.717) is 13.0 Å². The van der Waals surface area contributed by atoms with Crippen LogP contribution in [0.25, 0.3) is 0 Å². The minimum absolute atomic E-state index is 0.141. The van der Waals surface area contributed by atoms with Crippen LogP contribution in [0.1, 0.15) is 51.7 Å². The summed E-state index contributed by atoms with van der Waals surface area (Å²) in [5.41, 5.74) is 5.15. The van der Waals surface area contributed by atoms with Crippen molar-refractivity contribution < 1.29 is 30.5 Å². The number of allylic oxidation sites excluding steroid dienone is 6. The first-order valence-electron chi connectivity index (χ1n) is 12.8. The number of hydrogen-bond acceptors (Lipinski definition) is 5. The summed E-state index contributed by atoms with van der Waals surface area (Å²) in [6, 6.07) is 12.8. The summed E-state index contributed by atoms with van der Waals surface area (Å²) < 4.78 is 66.6. The molecule has 2 aromatic rings. The zero-order valence-electron chi connectivity index (χ0n) is 22.5. The van der Waals surface area contributed by atoms with Gasteiger partial charge in [0.15, 0.2) is 5.71 Å². The SMILES string of the molecule is CC1(C)C(/C=C/C=C/C=C2/Nc3ccccc3C2(C)C)=[N+](CCCCS(=O)(=O)O)c2ccc(S(=O)(=O)O)cc21. The van der Waals surface area contributed by atoms with Crippen LogP contribution in [0.5, 0.6) is 0 Å². The van der Waals surface area contributed by atoms with E-state index in [0.717, 1.165) is 28.3 Å². The summed E-state index contributed by atoms with van der Waals surface area (Å²) in [5, 5.41) is 3.49. The highest BCUT2D eigenvalue weighted by molar-refractivity contribution is 7.86. The Morgan fingerprint density at radius 1 is 0.872 bits per heavy atom. The Labute approximate surface area is 231 Å². The molecule has 0 radical (unpaired) electrons. The van der Waals surface area contributed by atoms with Crippen molar-refractivity contribution in [2.24, 2.45) is 0 Å². The second-order valence-electron chi connectivity index (χ2n) is 10.9. The highest BCUT2D eigenvalue weighted by Gasteiger charge is 2.44. The average molecular weight is 572 g/mol. The van der Waals surface area contributed by atoms with Gasteiger partial charge in [0, 0.05) is 40.9 Å². The quantitative estimate of drug-likeness (QED) is 0.160. The second-order valence-corrected chi connectivity index (χ2v) is 13.9. The van der Waals surface area contributed by atoms with Crippen molar-refractivity contribution in [1.82, 2.24) is 0 Å². The molecule has 4 rings (SSSR count). The van der Waals surface area contributed by atoms with Gasteiger partial charge in [-0.15, -0.1) is 0 Å². The van der Waals surface area contributed by atoms with E-state index in [1.54, 1.807) is 6.07 Å². The van der Waals surface area contributed by atoms with Crippen molar-refractivity contribution >= 4 is 37.3 Å². The topological polar surface area (TPSA) is 124 Å². The summed E-state index contributed by atoms with van der Waals surface area (Å²) in [5.74, 6) is -0.324. The fourth-order valence-corrected chi connectivity index (χ4v) is 6.38. The molecule has 10 heteroatoms. The summed E-state index contributed by atoms with van der Waals surface area (Å²) in [4.78, 5) is -0.176. The van der Waals surface area contributed by atoms with Crippen molar-refractivity contribution in [3.8, 4) is 0 Å². The number of para-hydroxylation sites is 1. The molecular weight excluding hydrogens is 536 g/mol. The molecule has 0 aliphatic carbocycles. The lowest BCUT2D eigenvalue weighted by Crippen LogP contribution is -2.28. The zero-order valence-corrected chi connectivity index (χ0v) is 24.2. The largest absolute Gasteiger partial charge is 0.358 e. The monoisotopic (exact) mass is 571 g/mol. The van der Waals surface area contributed by atoms with Gasteiger partial charge in [-0.1, -0.05) is 50.3 Å². The van der Waals surface area contributed by atoms with Crippen molar-refractivity contribution in [2.75, 3.05) is 17.6 Å². The van der Waals surface area contributed by atoms with Gasteiger partial charge in [0.05, 0.1) is 16.1 Å². The first-order chi connectivity index (χ1) is 18.1. The van der Waals surface area contributed by atoms with Gasteiger partial charge >= 0.3 is 0 Å². The van der Waals surface area contributed by atoms with Crippen molar-refractivity contribution in [1.29, 1.82) is 0 Å². The van der Waals surface area contributed by atoms with E-state index in [4.69, 9.17) is 4.55 Å². The van der Waals surface area contributed by atoms with E-state index < -0.39 is 25.7 Å². The number of unbranched alkanes of at least 4 members (excludes halogenated alkanes) is 1. The fourth-order valence-electron chi connectivity index (χ4n) is 5.31. The molecular formula is C29H35N2O6S2+. The molecule has 2 aromatic carbocycles. The number of hydrogen-bond donors (Lipinski definition) is 3. The second kappa shape index (κ2) is 10.5. The molecule has 208 valence electrons. The van der Waals surface area contributed by atoms with Crippen LogP contribution in [0.3, 0.4) is 0 Å². The van der Waals surface area contributed by atoms with Crippen LogP contribution in [0.15, 0.2) is 83.4 Å². The van der Waals surface area contributed by atoms with Crippen molar-refractivity contribution in [2.45, 2.75) is 56.3 Å². The minimum Gasteiger partial charge on any atom is -0.358 e. The van der Waals surface area contributed by atoms with Crippen LogP contribution in [0, 0.1) is 0 Å². The van der Waals surface area contributed by atoms with Gasteiger partial charge in [-0.2, -0.15) is 21.4 Å². The molecule has 0 aromatic heterocycles. The van der Waals surface area contributed by atoms with E-state index in [1.165, 1.54) is 17.7 Å². The van der Waals surface area contributed by atoms with Gasteiger partial charge in [0.25, 0.3) is 20.2 Å². The number of nitrogens with zero attached hydrogens (tertiary/aromatic N) is 1. The maximum atomic E-state index is 11.8. The molecule has 0 unspecified atom stereocenters. The molecule has 2 heterocycles. The van der Waals surface area contributed by atoms with E-state index in [2.05, 4.69) is 37.4 Å². The van der Waals surface area contributed by atoms with Crippen molar-refractivity contribution in [3.05, 3.63) is 89.7 Å². The standard InChI is InChI=1S/C29H34N2O6S2/c1-28(2)22-12-8-9-13-24(22)30-26(28)14-6-5-7-15-27-29(3,4)23-20-21(39(35,36)37)16-17-25(23)31(27)18-10-11-19-38(32,33)34/h5-9,12-17,20H,10-11,18-19H2,1-4H3,(H2,32,33,34,35,36,37)/p+1. The third-order valence-electron chi connectivity index (χ3n) is 7.48. The molecule has 0 atom stereocenters. The summed E-state index contributed by atoms with van der Waals surface area (Å²) in [6.45, 7) is 8.78. The number of fused-ring (bicyclic) bond motifs is 2. The van der Waals surface area contributed by atoms with Gasteiger partial charge in [0.2, 0.25) is 5.69 Å². The Hall–Kier alpha value is -3.05. The van der Waals surface area contributed by atoms with Crippen LogP contribution < -0.4 is 5.32 Å². The van der Waals surface area contributed by atoms with Gasteiger partial charge in [-0.3, -0.25) is 9.11 Å². The zero-order chi connectivity index (χ0) is 28.6. The summed E-state index contributed by atoms with van der Waals surface area (Å²) in [6.07, 6.45) is 10.6. The molecule has 0 saturated carbocycles. The predicted octanol–water partition coefficient (Wildman–Crippen LogP) is 5.38. The van der Waals surface area contributed by atoms with E-state index in [1.807, 2.05) is 54.9 Å². The lowest BCUT2D eigenvalue weighted by Gasteiger charge is -2.19. The van der Waals surface area contributed by atoms with E-state index in [9.17, 15) is 21.4 Å². The predicted molar refractivity (Wildman–Crippen MR) is 154 cm³/mol. The number of rotatable bonds is 9. The number of nitrogens with one attached hydrogen (secondary N) is 1. The molecule has 2 aliphatic heterocycles. The molecule has 0 spiro atoms. The molecule has 2 aliphatic rings. The fraction of sp³-hybridized carbons (Fsp3) is 0.345. The summed E-state index contributed by atoms with van der Waals surface area (Å²) >= 11 is 0. The highest BCUT2D eigenvalue weighted by atomic mass is 32.2. The Balaban J connectivity index is 1.62. The third kappa shape index (κ3) is 6.09. The Bertz CT molecular complexity index is 1630. The van der Waals surface area contributed by atoms with Crippen LogP contribution >= 0.6 is 0 Å². The van der Waals surface area contributed by atoms with Crippen LogP contribution in [-0.4, -0.2) is 48.5 Å². The third-order valence-corrected chi connectivity index (χ3v) is 9.13.